The van der Waals surface area contributed by atoms with E-state index in [1.54, 1.807) is 7.11 Å². The third-order valence-electron chi connectivity index (χ3n) is 4.17. The van der Waals surface area contributed by atoms with Crippen LogP contribution in [0.4, 0.5) is 0 Å². The first-order valence-electron chi connectivity index (χ1n) is 7.12. The van der Waals surface area contributed by atoms with Crippen LogP contribution in [0, 0.1) is 11.3 Å². The van der Waals surface area contributed by atoms with Gasteiger partial charge in [-0.3, -0.25) is 0 Å². The van der Waals surface area contributed by atoms with E-state index in [0.29, 0.717) is 5.41 Å². The van der Waals surface area contributed by atoms with Crippen LogP contribution in [0.15, 0.2) is 22.7 Å². The van der Waals surface area contributed by atoms with Crippen LogP contribution in [0.2, 0.25) is 0 Å². The van der Waals surface area contributed by atoms with Crippen molar-refractivity contribution in [1.82, 2.24) is 5.32 Å². The summed E-state index contributed by atoms with van der Waals surface area (Å²) in [6.45, 7) is 6.76. The molecule has 0 bridgehead atoms. The van der Waals surface area contributed by atoms with Gasteiger partial charge in [-0.1, -0.05) is 19.9 Å². The van der Waals surface area contributed by atoms with Gasteiger partial charge in [0.15, 0.2) is 0 Å². The van der Waals surface area contributed by atoms with Gasteiger partial charge >= 0.3 is 0 Å². The van der Waals surface area contributed by atoms with E-state index in [9.17, 15) is 0 Å². The first-order chi connectivity index (χ1) is 9.09. The van der Waals surface area contributed by atoms with Gasteiger partial charge in [-0.15, -0.1) is 0 Å². The Bertz CT molecular complexity index is 431. The lowest BCUT2D eigenvalue weighted by atomic mass is 9.79. The highest BCUT2D eigenvalue weighted by atomic mass is 79.9. The molecule has 1 fully saturated rings. The molecular weight excluding hydrogens is 302 g/mol. The van der Waals surface area contributed by atoms with Crippen LogP contribution in [0.25, 0.3) is 0 Å². The second-order valence-electron chi connectivity index (χ2n) is 5.85. The molecule has 0 heterocycles. The third-order valence-corrected chi connectivity index (χ3v) is 4.79. The molecule has 1 aliphatic rings. The maximum atomic E-state index is 5.30. The van der Waals surface area contributed by atoms with E-state index in [2.05, 4.69) is 53.3 Å². The van der Waals surface area contributed by atoms with Gasteiger partial charge in [0.05, 0.1) is 11.6 Å². The zero-order valence-electron chi connectivity index (χ0n) is 12.1. The highest BCUT2D eigenvalue weighted by Gasteiger charge is 2.40. The Hall–Kier alpha value is -0.540. The molecule has 0 amide bonds. The van der Waals surface area contributed by atoms with Crippen molar-refractivity contribution in [2.45, 2.75) is 33.1 Å². The Labute approximate surface area is 125 Å². The van der Waals surface area contributed by atoms with Gasteiger partial charge in [0, 0.05) is 6.54 Å². The van der Waals surface area contributed by atoms with E-state index >= 15 is 0 Å². The fourth-order valence-electron chi connectivity index (χ4n) is 2.83. The lowest BCUT2D eigenvalue weighted by molar-refractivity contribution is 0.258. The Kier molecular flexibility index (Phi) is 4.91. The molecule has 1 aromatic carbocycles. The van der Waals surface area contributed by atoms with E-state index in [1.807, 2.05) is 0 Å². The summed E-state index contributed by atoms with van der Waals surface area (Å²) < 4.78 is 6.35. The molecule has 3 heteroatoms. The third kappa shape index (κ3) is 3.73. The minimum atomic E-state index is 0.379. The van der Waals surface area contributed by atoms with Crippen molar-refractivity contribution < 1.29 is 4.74 Å². The highest BCUT2D eigenvalue weighted by molar-refractivity contribution is 9.10. The SMILES string of the molecule is CCNCC(C)(Cc1ccc(OC)c(Br)c1)C1CC1. The lowest BCUT2D eigenvalue weighted by Gasteiger charge is -2.30. The molecule has 1 unspecified atom stereocenters. The standard InChI is InChI=1S/C16H24BrNO/c1-4-18-11-16(2,13-6-7-13)10-12-5-8-15(19-3)14(17)9-12/h5,8-9,13,18H,4,6-7,10-11H2,1-3H3. The summed E-state index contributed by atoms with van der Waals surface area (Å²) in [5.41, 5.74) is 1.77. The quantitative estimate of drug-likeness (QED) is 0.817. The average molecular weight is 326 g/mol. The number of hydrogen-bond donors (Lipinski definition) is 1. The molecule has 19 heavy (non-hydrogen) atoms. The Balaban J connectivity index is 2.10. The summed E-state index contributed by atoms with van der Waals surface area (Å²) in [4.78, 5) is 0. The van der Waals surface area contributed by atoms with Crippen molar-refractivity contribution in [3.05, 3.63) is 28.2 Å². The van der Waals surface area contributed by atoms with Crippen molar-refractivity contribution in [3.8, 4) is 5.75 Å². The van der Waals surface area contributed by atoms with Gasteiger partial charge < -0.3 is 10.1 Å². The number of ether oxygens (including phenoxy) is 1. The Morgan fingerprint density at radius 2 is 2.16 bits per heavy atom. The van der Waals surface area contributed by atoms with E-state index in [4.69, 9.17) is 4.74 Å². The van der Waals surface area contributed by atoms with Crippen molar-refractivity contribution in [3.63, 3.8) is 0 Å². The van der Waals surface area contributed by atoms with E-state index < -0.39 is 0 Å². The topological polar surface area (TPSA) is 21.3 Å². The molecule has 1 N–H and O–H groups in total. The largest absolute Gasteiger partial charge is 0.496 e. The van der Waals surface area contributed by atoms with E-state index in [0.717, 1.165) is 35.7 Å². The summed E-state index contributed by atoms with van der Waals surface area (Å²) in [6.07, 6.45) is 3.91. The van der Waals surface area contributed by atoms with Crippen molar-refractivity contribution in [1.29, 1.82) is 0 Å². The van der Waals surface area contributed by atoms with Gasteiger partial charge in [-0.05, 0) is 70.8 Å². The molecular formula is C16H24BrNO. The van der Waals surface area contributed by atoms with Crippen LogP contribution in [-0.4, -0.2) is 20.2 Å². The summed E-state index contributed by atoms with van der Waals surface area (Å²) in [5.74, 6) is 1.79. The van der Waals surface area contributed by atoms with Crippen molar-refractivity contribution in [2.24, 2.45) is 11.3 Å². The lowest BCUT2D eigenvalue weighted by Crippen LogP contribution is -2.35. The first-order valence-corrected chi connectivity index (χ1v) is 7.91. The zero-order valence-corrected chi connectivity index (χ0v) is 13.7. The number of methoxy groups -OCH3 is 1. The summed E-state index contributed by atoms with van der Waals surface area (Å²) in [7, 11) is 1.71. The molecule has 0 radical (unpaired) electrons. The van der Waals surface area contributed by atoms with Crippen LogP contribution < -0.4 is 10.1 Å². The maximum absolute atomic E-state index is 5.30. The fourth-order valence-corrected chi connectivity index (χ4v) is 3.42. The zero-order chi connectivity index (χ0) is 13.9. The molecule has 1 atom stereocenters. The van der Waals surface area contributed by atoms with Crippen molar-refractivity contribution >= 4 is 15.9 Å². The smallest absolute Gasteiger partial charge is 0.133 e. The molecule has 1 saturated carbocycles. The average Bonchev–Trinajstić information content (AvgIpc) is 3.21. The van der Waals surface area contributed by atoms with Crippen molar-refractivity contribution in [2.75, 3.05) is 20.2 Å². The fraction of sp³-hybridized carbons (Fsp3) is 0.625. The predicted molar refractivity (Wildman–Crippen MR) is 83.8 cm³/mol. The summed E-state index contributed by atoms with van der Waals surface area (Å²) in [5, 5.41) is 3.53. The van der Waals surface area contributed by atoms with Gasteiger partial charge in [0.1, 0.15) is 5.75 Å². The molecule has 0 saturated heterocycles. The van der Waals surface area contributed by atoms with E-state index in [-0.39, 0.29) is 0 Å². The van der Waals surface area contributed by atoms with Crippen LogP contribution >= 0.6 is 15.9 Å². The molecule has 1 aliphatic carbocycles. The summed E-state index contributed by atoms with van der Waals surface area (Å²) in [6, 6.07) is 6.45. The van der Waals surface area contributed by atoms with Crippen LogP contribution in [0.3, 0.4) is 0 Å². The molecule has 2 nitrogen and oxygen atoms in total. The molecule has 0 spiro atoms. The molecule has 0 aromatic heterocycles. The Morgan fingerprint density at radius 1 is 1.42 bits per heavy atom. The van der Waals surface area contributed by atoms with Crippen LogP contribution in [-0.2, 0) is 6.42 Å². The number of hydrogen-bond acceptors (Lipinski definition) is 2. The summed E-state index contributed by atoms with van der Waals surface area (Å²) >= 11 is 3.58. The minimum Gasteiger partial charge on any atom is -0.496 e. The first kappa shape index (κ1) is 14.9. The van der Waals surface area contributed by atoms with E-state index in [1.165, 1.54) is 18.4 Å². The monoisotopic (exact) mass is 325 g/mol. The predicted octanol–water partition coefficient (Wildman–Crippen LogP) is 4.03. The highest BCUT2D eigenvalue weighted by Crippen LogP contribution is 2.47. The van der Waals surface area contributed by atoms with Gasteiger partial charge in [0.2, 0.25) is 0 Å². The molecule has 1 aromatic rings. The van der Waals surface area contributed by atoms with Gasteiger partial charge in [-0.25, -0.2) is 0 Å². The number of halogens is 1. The number of rotatable bonds is 7. The Morgan fingerprint density at radius 3 is 2.68 bits per heavy atom. The number of benzene rings is 1. The van der Waals surface area contributed by atoms with Crippen LogP contribution in [0.1, 0.15) is 32.3 Å². The normalized spacial score (nSPS) is 18.1. The second-order valence-corrected chi connectivity index (χ2v) is 6.71. The van der Waals surface area contributed by atoms with Crippen LogP contribution in [0.5, 0.6) is 5.75 Å². The second kappa shape index (κ2) is 6.27. The molecule has 0 aliphatic heterocycles. The molecule has 106 valence electrons. The molecule has 2 rings (SSSR count). The minimum absolute atomic E-state index is 0.379. The maximum Gasteiger partial charge on any atom is 0.133 e. The number of nitrogens with one attached hydrogen (secondary N) is 1. The van der Waals surface area contributed by atoms with Gasteiger partial charge in [-0.2, -0.15) is 0 Å². The van der Waals surface area contributed by atoms with Gasteiger partial charge in [0.25, 0.3) is 0 Å².